The average Bonchev–Trinajstić information content (AvgIpc) is 3.18. The summed E-state index contributed by atoms with van der Waals surface area (Å²) in [5, 5.41) is 20.4. The summed E-state index contributed by atoms with van der Waals surface area (Å²) in [6, 6.07) is 15.5. The van der Waals surface area contributed by atoms with E-state index in [0.717, 1.165) is 4.90 Å². The lowest BCUT2D eigenvalue weighted by atomic mass is 10.3. The molecule has 7 nitrogen and oxygen atoms in total. The van der Waals surface area contributed by atoms with Crippen LogP contribution < -0.4 is 10.1 Å². The number of nitriles is 1. The van der Waals surface area contributed by atoms with E-state index in [9.17, 15) is 9.18 Å². The molecule has 32 heavy (non-hydrogen) atoms. The zero-order valence-electron chi connectivity index (χ0n) is 17.0. The number of thioether (sulfide) groups is 2. The molecule has 1 amide bonds. The minimum atomic E-state index is -0.457. The molecule has 0 aliphatic rings. The van der Waals surface area contributed by atoms with E-state index in [0.29, 0.717) is 29.0 Å². The number of carbonyl (C=O) groups excluding carboxylic acids is 1. The van der Waals surface area contributed by atoms with Crippen molar-refractivity contribution in [3.8, 4) is 11.8 Å². The lowest BCUT2D eigenvalue weighted by molar-refractivity contribution is -0.113. The second kappa shape index (κ2) is 11.9. The van der Waals surface area contributed by atoms with Crippen LogP contribution in [0.3, 0.4) is 0 Å². The first kappa shape index (κ1) is 23.4. The van der Waals surface area contributed by atoms with Crippen LogP contribution >= 0.6 is 23.5 Å². The minimum absolute atomic E-state index is 0.0258. The van der Waals surface area contributed by atoms with Crippen molar-refractivity contribution in [2.24, 2.45) is 0 Å². The monoisotopic (exact) mass is 469 g/mol. The molecule has 3 aromatic rings. The molecule has 10 heteroatoms. The topological polar surface area (TPSA) is 92.8 Å². The van der Waals surface area contributed by atoms with E-state index in [1.54, 1.807) is 28.8 Å². The number of nitrogens with zero attached hydrogens (tertiary/aromatic N) is 4. The molecule has 0 bridgehead atoms. The number of ether oxygens (including phenoxy) is 1. The number of amides is 1. The summed E-state index contributed by atoms with van der Waals surface area (Å²) in [5.41, 5.74) is 0.657. The van der Waals surface area contributed by atoms with Crippen LogP contribution in [0.25, 0.3) is 0 Å². The summed E-state index contributed by atoms with van der Waals surface area (Å²) in [6.45, 7) is 4.19. The highest BCUT2D eigenvalue weighted by Gasteiger charge is 2.15. The van der Waals surface area contributed by atoms with Crippen molar-refractivity contribution in [3.63, 3.8) is 0 Å². The minimum Gasteiger partial charge on any atom is -0.483 e. The van der Waals surface area contributed by atoms with Crippen molar-refractivity contribution >= 4 is 35.1 Å². The van der Waals surface area contributed by atoms with Gasteiger partial charge in [0.05, 0.1) is 23.3 Å². The molecule has 1 heterocycles. The highest BCUT2D eigenvalue weighted by atomic mass is 32.2. The van der Waals surface area contributed by atoms with Crippen molar-refractivity contribution in [2.45, 2.75) is 23.2 Å². The Hall–Kier alpha value is -3.29. The molecule has 0 unspecified atom stereocenters. The van der Waals surface area contributed by atoms with Gasteiger partial charge in [-0.3, -0.25) is 9.36 Å². The number of para-hydroxylation sites is 2. The Kier molecular flexibility index (Phi) is 8.71. The highest BCUT2D eigenvalue weighted by molar-refractivity contribution is 8.00. The summed E-state index contributed by atoms with van der Waals surface area (Å²) in [4.78, 5) is 13.3. The predicted molar refractivity (Wildman–Crippen MR) is 123 cm³/mol. The fourth-order valence-corrected chi connectivity index (χ4v) is 4.11. The number of allylic oxidation sites excluding steroid dienone is 1. The van der Waals surface area contributed by atoms with E-state index in [4.69, 9.17) is 10.00 Å². The molecule has 0 saturated heterocycles. The second-order valence-electron chi connectivity index (χ2n) is 6.30. The van der Waals surface area contributed by atoms with Gasteiger partial charge in [0.15, 0.2) is 22.5 Å². The first-order valence-electron chi connectivity index (χ1n) is 9.54. The van der Waals surface area contributed by atoms with Crippen LogP contribution in [-0.4, -0.2) is 32.2 Å². The standard InChI is InChI=1S/C22H20FN5O2S2/c1-2-12-28-20(14-30-18-9-5-3-7-16(18)23)26-27-22(28)32-15-21(29)25-17-8-4-6-10-19(17)31-13-11-24/h2-10H,1,12-15H2,(H,25,29). The van der Waals surface area contributed by atoms with Gasteiger partial charge in [0, 0.05) is 11.4 Å². The summed E-state index contributed by atoms with van der Waals surface area (Å²) in [6.07, 6.45) is 1.68. The van der Waals surface area contributed by atoms with Crippen LogP contribution in [0.15, 0.2) is 71.2 Å². The first-order valence-corrected chi connectivity index (χ1v) is 11.5. The van der Waals surface area contributed by atoms with Crippen LogP contribution in [0.4, 0.5) is 10.1 Å². The molecule has 1 N–H and O–H groups in total. The molecule has 3 rings (SSSR count). The third-order valence-electron chi connectivity index (χ3n) is 4.08. The molecule has 0 atom stereocenters. The number of benzene rings is 2. The zero-order chi connectivity index (χ0) is 22.8. The lowest BCUT2D eigenvalue weighted by Crippen LogP contribution is -2.15. The normalized spacial score (nSPS) is 10.4. The van der Waals surface area contributed by atoms with Gasteiger partial charge in [-0.1, -0.05) is 42.1 Å². The van der Waals surface area contributed by atoms with Gasteiger partial charge in [0.2, 0.25) is 5.91 Å². The Balaban J connectivity index is 1.62. The number of hydrogen-bond acceptors (Lipinski definition) is 7. The maximum Gasteiger partial charge on any atom is 0.234 e. The molecule has 0 aliphatic heterocycles. The first-order chi connectivity index (χ1) is 15.6. The molecule has 0 fully saturated rings. The molecule has 0 spiro atoms. The van der Waals surface area contributed by atoms with E-state index in [1.807, 2.05) is 18.2 Å². The second-order valence-corrected chi connectivity index (χ2v) is 8.26. The van der Waals surface area contributed by atoms with Crippen LogP contribution in [0, 0.1) is 17.1 Å². The Labute approximate surface area is 193 Å². The molecule has 2 aromatic carbocycles. The van der Waals surface area contributed by atoms with Gasteiger partial charge in [-0.2, -0.15) is 5.26 Å². The zero-order valence-corrected chi connectivity index (χ0v) is 18.7. The molecule has 1 aromatic heterocycles. The van der Waals surface area contributed by atoms with Gasteiger partial charge in [0.1, 0.15) is 6.61 Å². The van der Waals surface area contributed by atoms with E-state index >= 15 is 0 Å². The van der Waals surface area contributed by atoms with Crippen molar-refractivity contribution in [3.05, 3.63) is 72.8 Å². The van der Waals surface area contributed by atoms with Gasteiger partial charge >= 0.3 is 0 Å². The van der Waals surface area contributed by atoms with E-state index in [-0.39, 0.29) is 24.0 Å². The molecule has 0 saturated carbocycles. The van der Waals surface area contributed by atoms with Crippen LogP contribution in [0.1, 0.15) is 5.82 Å². The van der Waals surface area contributed by atoms with Crippen LogP contribution in [-0.2, 0) is 17.9 Å². The summed E-state index contributed by atoms with van der Waals surface area (Å²) >= 11 is 2.58. The maximum atomic E-state index is 13.8. The Morgan fingerprint density at radius 2 is 2.00 bits per heavy atom. The van der Waals surface area contributed by atoms with E-state index < -0.39 is 5.82 Å². The molecule has 0 aliphatic carbocycles. The highest BCUT2D eigenvalue weighted by Crippen LogP contribution is 2.27. The molecular formula is C22H20FN5O2S2. The van der Waals surface area contributed by atoms with Gasteiger partial charge in [-0.05, 0) is 24.3 Å². The lowest BCUT2D eigenvalue weighted by Gasteiger charge is -2.11. The van der Waals surface area contributed by atoms with Crippen molar-refractivity contribution in [1.82, 2.24) is 14.8 Å². The Morgan fingerprint density at radius 1 is 1.22 bits per heavy atom. The predicted octanol–water partition coefficient (Wildman–Crippen LogP) is 4.53. The largest absolute Gasteiger partial charge is 0.483 e. The van der Waals surface area contributed by atoms with E-state index in [2.05, 4.69) is 28.2 Å². The van der Waals surface area contributed by atoms with Crippen molar-refractivity contribution in [1.29, 1.82) is 5.26 Å². The summed E-state index contributed by atoms with van der Waals surface area (Å²) in [7, 11) is 0. The van der Waals surface area contributed by atoms with Gasteiger partial charge < -0.3 is 10.1 Å². The fourth-order valence-electron chi connectivity index (χ4n) is 2.67. The quantitative estimate of drug-likeness (QED) is 0.326. The van der Waals surface area contributed by atoms with Gasteiger partial charge in [-0.25, -0.2) is 4.39 Å². The molecular weight excluding hydrogens is 449 g/mol. The average molecular weight is 470 g/mol. The number of rotatable bonds is 11. The van der Waals surface area contributed by atoms with Gasteiger partial charge in [-0.15, -0.1) is 28.5 Å². The smallest absolute Gasteiger partial charge is 0.234 e. The number of halogens is 1. The molecule has 164 valence electrons. The van der Waals surface area contributed by atoms with Crippen molar-refractivity contribution < 1.29 is 13.9 Å². The summed E-state index contributed by atoms with van der Waals surface area (Å²) < 4.78 is 21.1. The third kappa shape index (κ3) is 6.35. The number of aromatic nitrogens is 3. The Bertz CT molecular complexity index is 1130. The number of carbonyl (C=O) groups is 1. The number of nitrogens with one attached hydrogen (secondary N) is 1. The SMILES string of the molecule is C=CCn1c(COc2ccccc2F)nnc1SCC(=O)Nc1ccccc1SCC#N. The van der Waals surface area contributed by atoms with Crippen LogP contribution in [0.5, 0.6) is 5.75 Å². The number of anilines is 1. The Morgan fingerprint density at radius 3 is 2.78 bits per heavy atom. The summed E-state index contributed by atoms with van der Waals surface area (Å²) in [5.74, 6) is 0.362. The number of hydrogen-bond donors (Lipinski definition) is 1. The van der Waals surface area contributed by atoms with Crippen molar-refractivity contribution in [2.75, 3.05) is 16.8 Å². The van der Waals surface area contributed by atoms with Crippen LogP contribution in [0.2, 0.25) is 0 Å². The van der Waals surface area contributed by atoms with Gasteiger partial charge in [0.25, 0.3) is 0 Å². The fraction of sp³-hybridized carbons (Fsp3) is 0.182. The van der Waals surface area contributed by atoms with E-state index in [1.165, 1.54) is 35.7 Å². The third-order valence-corrected chi connectivity index (χ3v) is 5.99. The molecule has 0 radical (unpaired) electrons. The maximum absolute atomic E-state index is 13.8.